The Morgan fingerprint density at radius 2 is 2.00 bits per heavy atom. The molecule has 18 heavy (non-hydrogen) atoms. The van der Waals surface area contributed by atoms with Gasteiger partial charge >= 0.3 is 0 Å². The highest BCUT2D eigenvalue weighted by Gasteiger charge is 2.17. The maximum atomic E-state index is 12.3. The topological polar surface area (TPSA) is 26.3 Å². The van der Waals surface area contributed by atoms with Crippen molar-refractivity contribution >= 4 is 5.78 Å². The van der Waals surface area contributed by atoms with Crippen molar-refractivity contribution in [2.24, 2.45) is 5.92 Å². The quantitative estimate of drug-likeness (QED) is 0.694. The van der Waals surface area contributed by atoms with Gasteiger partial charge < -0.3 is 4.74 Å². The van der Waals surface area contributed by atoms with Gasteiger partial charge in [-0.15, -0.1) is 0 Å². The molecule has 1 aromatic rings. The van der Waals surface area contributed by atoms with E-state index in [-0.39, 0.29) is 5.92 Å². The summed E-state index contributed by atoms with van der Waals surface area (Å²) in [7, 11) is 1.65. The van der Waals surface area contributed by atoms with E-state index in [1.165, 1.54) is 0 Å². The summed E-state index contributed by atoms with van der Waals surface area (Å²) in [5.41, 5.74) is 1.000. The molecule has 1 rings (SSSR count). The number of methoxy groups -OCH3 is 1. The minimum absolute atomic E-state index is 0.204. The molecule has 0 aliphatic rings. The molecule has 0 spiro atoms. The number of ether oxygens (including phenoxy) is 1. The summed E-state index contributed by atoms with van der Waals surface area (Å²) >= 11 is 0. The highest BCUT2D eigenvalue weighted by Crippen LogP contribution is 2.22. The summed E-state index contributed by atoms with van der Waals surface area (Å²) in [5, 5.41) is 0. The van der Waals surface area contributed by atoms with Crippen molar-refractivity contribution in [1.82, 2.24) is 0 Å². The molecule has 0 aliphatic heterocycles. The van der Waals surface area contributed by atoms with Crippen LogP contribution in [0.3, 0.4) is 0 Å². The van der Waals surface area contributed by atoms with E-state index >= 15 is 0 Å². The molecule has 0 N–H and O–H groups in total. The van der Waals surface area contributed by atoms with Gasteiger partial charge in [0.15, 0.2) is 0 Å². The number of para-hydroxylation sites is 1. The Morgan fingerprint density at radius 3 is 2.61 bits per heavy atom. The van der Waals surface area contributed by atoms with Gasteiger partial charge in [0.25, 0.3) is 0 Å². The summed E-state index contributed by atoms with van der Waals surface area (Å²) in [6.45, 7) is 4.26. The Bertz CT molecular complexity index is 371. The summed E-state index contributed by atoms with van der Waals surface area (Å²) in [5.74, 6) is 1.36. The molecule has 0 bridgehead atoms. The third-order valence-electron chi connectivity index (χ3n) is 3.41. The van der Waals surface area contributed by atoms with Crippen LogP contribution in [-0.2, 0) is 11.2 Å². The zero-order valence-corrected chi connectivity index (χ0v) is 11.7. The zero-order chi connectivity index (χ0) is 13.4. The molecule has 0 aromatic heterocycles. The molecule has 0 amide bonds. The number of Topliss-reactive ketones (excluding diaryl/α,β-unsaturated/α-hetero) is 1. The van der Waals surface area contributed by atoms with Crippen LogP contribution in [0.5, 0.6) is 5.75 Å². The number of unbranched alkanes of at least 4 members (excludes halogenated alkanes) is 1. The lowest BCUT2D eigenvalue weighted by Gasteiger charge is -2.14. The molecule has 0 aliphatic carbocycles. The molecule has 1 atom stereocenters. The molecule has 1 aromatic carbocycles. The van der Waals surface area contributed by atoms with Crippen LogP contribution in [0.4, 0.5) is 0 Å². The molecule has 2 heteroatoms. The summed E-state index contributed by atoms with van der Waals surface area (Å²) in [6.07, 6.45) is 4.73. The van der Waals surface area contributed by atoms with Gasteiger partial charge in [-0.2, -0.15) is 0 Å². The first-order valence-corrected chi connectivity index (χ1v) is 6.87. The van der Waals surface area contributed by atoms with Crippen LogP contribution in [-0.4, -0.2) is 12.9 Å². The summed E-state index contributed by atoms with van der Waals surface area (Å²) < 4.78 is 5.29. The molecule has 100 valence electrons. The third kappa shape index (κ3) is 4.17. The number of carbonyl (C=O) groups is 1. The number of benzene rings is 1. The molecule has 0 fully saturated rings. The van der Waals surface area contributed by atoms with Gasteiger partial charge in [-0.1, -0.05) is 44.9 Å². The van der Waals surface area contributed by atoms with Crippen molar-refractivity contribution in [1.29, 1.82) is 0 Å². The van der Waals surface area contributed by atoms with E-state index in [1.54, 1.807) is 7.11 Å². The first-order valence-electron chi connectivity index (χ1n) is 6.87. The minimum Gasteiger partial charge on any atom is -0.496 e. The largest absolute Gasteiger partial charge is 0.496 e. The number of hydrogen-bond donors (Lipinski definition) is 0. The molecule has 0 radical (unpaired) electrons. The van der Waals surface area contributed by atoms with Crippen LogP contribution in [0, 0.1) is 5.92 Å². The number of ketones is 1. The maximum absolute atomic E-state index is 12.3. The zero-order valence-electron chi connectivity index (χ0n) is 11.7. The van der Waals surface area contributed by atoms with Crippen molar-refractivity contribution in [3.05, 3.63) is 29.8 Å². The monoisotopic (exact) mass is 248 g/mol. The normalized spacial score (nSPS) is 12.2. The van der Waals surface area contributed by atoms with E-state index in [0.717, 1.165) is 37.0 Å². The Morgan fingerprint density at radius 1 is 1.28 bits per heavy atom. The van der Waals surface area contributed by atoms with Gasteiger partial charge in [-0.25, -0.2) is 0 Å². The number of carbonyl (C=O) groups excluding carboxylic acids is 1. The highest BCUT2D eigenvalue weighted by molar-refractivity contribution is 5.83. The van der Waals surface area contributed by atoms with Crippen LogP contribution in [0.1, 0.15) is 45.1 Å². The molecule has 2 nitrogen and oxygen atoms in total. The molecule has 0 saturated heterocycles. The van der Waals surface area contributed by atoms with Gasteiger partial charge in [0.2, 0.25) is 0 Å². The van der Waals surface area contributed by atoms with E-state index in [9.17, 15) is 4.79 Å². The van der Waals surface area contributed by atoms with Gasteiger partial charge in [0.05, 0.1) is 7.11 Å². The van der Waals surface area contributed by atoms with Crippen LogP contribution < -0.4 is 4.74 Å². The molecular formula is C16H24O2. The van der Waals surface area contributed by atoms with E-state index < -0.39 is 0 Å². The Hall–Kier alpha value is -1.31. The van der Waals surface area contributed by atoms with E-state index in [2.05, 4.69) is 13.8 Å². The molecule has 0 saturated carbocycles. The smallest absolute Gasteiger partial charge is 0.140 e. The highest BCUT2D eigenvalue weighted by atomic mass is 16.5. The molecule has 1 unspecified atom stereocenters. The van der Waals surface area contributed by atoms with Crippen LogP contribution in [0.15, 0.2) is 24.3 Å². The number of rotatable bonds is 8. The Kier molecular flexibility index (Phi) is 6.48. The Balaban J connectivity index is 2.67. The molecular weight excluding hydrogens is 224 g/mol. The lowest BCUT2D eigenvalue weighted by atomic mass is 9.91. The van der Waals surface area contributed by atoms with Gasteiger partial charge in [-0.05, 0) is 18.9 Å². The lowest BCUT2D eigenvalue weighted by molar-refractivity contribution is -0.122. The predicted molar refractivity (Wildman–Crippen MR) is 75.0 cm³/mol. The van der Waals surface area contributed by atoms with E-state index in [0.29, 0.717) is 12.2 Å². The number of hydrogen-bond acceptors (Lipinski definition) is 2. The summed E-state index contributed by atoms with van der Waals surface area (Å²) in [6, 6.07) is 7.78. The van der Waals surface area contributed by atoms with Crippen molar-refractivity contribution in [2.75, 3.05) is 7.11 Å². The second kappa shape index (κ2) is 7.91. The van der Waals surface area contributed by atoms with Crippen molar-refractivity contribution in [3.8, 4) is 5.75 Å². The second-order valence-corrected chi connectivity index (χ2v) is 4.70. The first-order chi connectivity index (χ1) is 8.72. The van der Waals surface area contributed by atoms with E-state index in [4.69, 9.17) is 4.74 Å². The van der Waals surface area contributed by atoms with E-state index in [1.807, 2.05) is 24.3 Å². The van der Waals surface area contributed by atoms with Gasteiger partial charge in [0.1, 0.15) is 11.5 Å². The lowest BCUT2D eigenvalue weighted by Crippen LogP contribution is -2.16. The maximum Gasteiger partial charge on any atom is 0.140 e. The predicted octanol–water partition coefficient (Wildman–Crippen LogP) is 4.02. The fourth-order valence-electron chi connectivity index (χ4n) is 2.22. The van der Waals surface area contributed by atoms with Crippen molar-refractivity contribution < 1.29 is 9.53 Å². The second-order valence-electron chi connectivity index (χ2n) is 4.70. The molecule has 0 heterocycles. The summed E-state index contributed by atoms with van der Waals surface area (Å²) in [4.78, 5) is 12.3. The van der Waals surface area contributed by atoms with Gasteiger partial charge in [0, 0.05) is 17.9 Å². The van der Waals surface area contributed by atoms with Crippen LogP contribution in [0.2, 0.25) is 0 Å². The van der Waals surface area contributed by atoms with Crippen molar-refractivity contribution in [3.63, 3.8) is 0 Å². The van der Waals surface area contributed by atoms with Gasteiger partial charge in [-0.3, -0.25) is 4.79 Å². The SMILES string of the molecule is CCCCC(CC)C(=O)Cc1ccccc1OC. The average molecular weight is 248 g/mol. The third-order valence-corrected chi connectivity index (χ3v) is 3.41. The van der Waals surface area contributed by atoms with Crippen LogP contribution in [0.25, 0.3) is 0 Å². The fraction of sp³-hybridized carbons (Fsp3) is 0.562. The Labute approximate surface area is 110 Å². The average Bonchev–Trinajstić information content (AvgIpc) is 2.40. The standard InChI is InChI=1S/C16H24O2/c1-4-6-9-13(5-2)15(17)12-14-10-7-8-11-16(14)18-3/h7-8,10-11,13H,4-6,9,12H2,1-3H3. The van der Waals surface area contributed by atoms with Crippen molar-refractivity contribution in [2.45, 2.75) is 46.0 Å². The fourth-order valence-corrected chi connectivity index (χ4v) is 2.22. The minimum atomic E-state index is 0.204. The first kappa shape index (κ1) is 14.7. The van der Waals surface area contributed by atoms with Crippen LogP contribution >= 0.6 is 0 Å².